The van der Waals surface area contributed by atoms with Crippen LogP contribution in [0.3, 0.4) is 0 Å². The van der Waals surface area contributed by atoms with Crippen LogP contribution < -0.4 is 5.73 Å². The van der Waals surface area contributed by atoms with E-state index in [1.165, 1.54) is 5.56 Å². The van der Waals surface area contributed by atoms with E-state index in [1.807, 2.05) is 30.5 Å². The minimum atomic E-state index is 0.348. The fourth-order valence-electron chi connectivity index (χ4n) is 0.908. The number of rotatable bonds is 1. The zero-order valence-corrected chi connectivity index (χ0v) is 5.49. The van der Waals surface area contributed by atoms with Crippen LogP contribution >= 0.6 is 0 Å². The van der Waals surface area contributed by atoms with Crippen LogP contribution in [0.15, 0.2) is 29.3 Å². The number of nitrogens with two attached hydrogens (primary N) is 1. The number of aliphatic imine (C=N–C) groups is 1. The van der Waals surface area contributed by atoms with Crippen molar-refractivity contribution in [1.82, 2.24) is 0 Å². The SMILES string of the molecule is Nc1ccc(C2C=N2)cc1. The van der Waals surface area contributed by atoms with Crippen molar-refractivity contribution in [1.29, 1.82) is 0 Å². The fraction of sp³-hybridized carbons (Fsp3) is 0.125. The molecule has 0 bridgehead atoms. The first-order chi connectivity index (χ1) is 4.86. The summed E-state index contributed by atoms with van der Waals surface area (Å²) >= 11 is 0. The van der Waals surface area contributed by atoms with Crippen molar-refractivity contribution in [3.8, 4) is 0 Å². The topological polar surface area (TPSA) is 38.4 Å². The minimum absolute atomic E-state index is 0.348. The molecular weight excluding hydrogens is 124 g/mol. The van der Waals surface area contributed by atoms with E-state index in [9.17, 15) is 0 Å². The lowest BCUT2D eigenvalue weighted by atomic mass is 10.1. The van der Waals surface area contributed by atoms with Crippen LogP contribution in [0.25, 0.3) is 0 Å². The average Bonchev–Trinajstić information content (AvgIpc) is 2.71. The highest BCUT2D eigenvalue weighted by atomic mass is 14.9. The monoisotopic (exact) mass is 132 g/mol. The molecule has 1 aromatic carbocycles. The maximum absolute atomic E-state index is 5.51. The minimum Gasteiger partial charge on any atom is -0.399 e. The number of nitrogens with zero attached hydrogens (tertiary/aromatic N) is 1. The number of nitrogen functional groups attached to an aromatic ring is 1. The van der Waals surface area contributed by atoms with Crippen molar-refractivity contribution in [2.24, 2.45) is 4.99 Å². The fourth-order valence-corrected chi connectivity index (χ4v) is 0.908. The van der Waals surface area contributed by atoms with Gasteiger partial charge in [0.2, 0.25) is 0 Å². The molecule has 0 saturated carbocycles. The van der Waals surface area contributed by atoms with Crippen LogP contribution in [0.5, 0.6) is 0 Å². The molecule has 2 nitrogen and oxygen atoms in total. The molecule has 0 saturated heterocycles. The summed E-state index contributed by atoms with van der Waals surface area (Å²) in [5.74, 6) is 0. The van der Waals surface area contributed by atoms with Gasteiger partial charge in [0.1, 0.15) is 6.04 Å². The summed E-state index contributed by atoms with van der Waals surface area (Å²) in [6, 6.07) is 8.16. The van der Waals surface area contributed by atoms with Gasteiger partial charge < -0.3 is 5.73 Å². The highest BCUT2D eigenvalue weighted by Crippen LogP contribution is 2.24. The Morgan fingerprint density at radius 1 is 1.20 bits per heavy atom. The molecule has 0 spiro atoms. The van der Waals surface area contributed by atoms with Crippen molar-refractivity contribution in [3.05, 3.63) is 29.8 Å². The van der Waals surface area contributed by atoms with Crippen molar-refractivity contribution in [3.63, 3.8) is 0 Å². The van der Waals surface area contributed by atoms with E-state index < -0.39 is 0 Å². The quantitative estimate of drug-likeness (QED) is 0.576. The van der Waals surface area contributed by atoms with Gasteiger partial charge in [-0.2, -0.15) is 0 Å². The van der Waals surface area contributed by atoms with Gasteiger partial charge in [-0.15, -0.1) is 0 Å². The van der Waals surface area contributed by atoms with Gasteiger partial charge in [-0.05, 0) is 17.7 Å². The van der Waals surface area contributed by atoms with Crippen molar-refractivity contribution in [2.75, 3.05) is 5.73 Å². The molecule has 2 N–H and O–H groups in total. The second-order valence-corrected chi connectivity index (χ2v) is 2.41. The third kappa shape index (κ3) is 0.880. The van der Waals surface area contributed by atoms with Gasteiger partial charge >= 0.3 is 0 Å². The van der Waals surface area contributed by atoms with Crippen LogP contribution in [-0.4, -0.2) is 6.21 Å². The van der Waals surface area contributed by atoms with Gasteiger partial charge in [0, 0.05) is 11.9 Å². The van der Waals surface area contributed by atoms with Crippen LogP contribution in [-0.2, 0) is 0 Å². The van der Waals surface area contributed by atoms with Gasteiger partial charge in [0.15, 0.2) is 0 Å². The van der Waals surface area contributed by atoms with Crippen LogP contribution in [0.4, 0.5) is 5.69 Å². The number of hydrogen-bond donors (Lipinski definition) is 1. The third-order valence-electron chi connectivity index (χ3n) is 1.58. The lowest BCUT2D eigenvalue weighted by Gasteiger charge is -1.95. The highest BCUT2D eigenvalue weighted by Gasteiger charge is 2.14. The van der Waals surface area contributed by atoms with Crippen LogP contribution in [0, 0.1) is 0 Å². The second-order valence-electron chi connectivity index (χ2n) is 2.41. The molecule has 1 atom stereocenters. The molecule has 1 aromatic rings. The Hall–Kier alpha value is -1.31. The van der Waals surface area contributed by atoms with Crippen molar-refractivity contribution in [2.45, 2.75) is 6.04 Å². The first-order valence-electron chi connectivity index (χ1n) is 3.25. The predicted molar refractivity (Wildman–Crippen MR) is 42.1 cm³/mol. The van der Waals surface area contributed by atoms with Crippen LogP contribution in [0.2, 0.25) is 0 Å². The zero-order valence-electron chi connectivity index (χ0n) is 5.49. The summed E-state index contributed by atoms with van der Waals surface area (Å²) in [5, 5.41) is 0. The molecule has 1 heterocycles. The molecule has 0 radical (unpaired) electrons. The Balaban J connectivity index is 2.28. The van der Waals surface area contributed by atoms with Gasteiger partial charge in [0.25, 0.3) is 0 Å². The molecule has 1 unspecified atom stereocenters. The molecular formula is C8H8N2. The van der Waals surface area contributed by atoms with E-state index in [-0.39, 0.29) is 0 Å². The summed E-state index contributed by atoms with van der Waals surface area (Å²) in [4.78, 5) is 4.04. The molecule has 2 rings (SSSR count). The third-order valence-corrected chi connectivity index (χ3v) is 1.58. The second kappa shape index (κ2) is 1.84. The summed E-state index contributed by atoms with van der Waals surface area (Å²) in [6.45, 7) is 0. The van der Waals surface area contributed by atoms with E-state index >= 15 is 0 Å². The maximum atomic E-state index is 5.51. The largest absolute Gasteiger partial charge is 0.399 e. The molecule has 0 aliphatic carbocycles. The molecule has 10 heavy (non-hydrogen) atoms. The summed E-state index contributed by atoms with van der Waals surface area (Å²) in [5.41, 5.74) is 7.55. The van der Waals surface area contributed by atoms with E-state index in [0.717, 1.165) is 5.69 Å². The van der Waals surface area contributed by atoms with Gasteiger partial charge in [-0.3, -0.25) is 4.99 Å². The average molecular weight is 132 g/mol. The number of benzene rings is 1. The summed E-state index contributed by atoms with van der Waals surface area (Å²) in [6.07, 6.45) is 1.92. The van der Waals surface area contributed by atoms with Crippen molar-refractivity contribution >= 4 is 11.9 Å². The highest BCUT2D eigenvalue weighted by molar-refractivity contribution is 5.80. The molecule has 50 valence electrons. The smallest absolute Gasteiger partial charge is 0.109 e. The Kier molecular flexibility index (Phi) is 1.01. The Labute approximate surface area is 59.4 Å². The standard InChI is InChI=1S/C8H8N2/c9-7-3-1-6(2-4-7)8-5-10-8/h1-5,8H,9H2. The normalized spacial score (nSPS) is 21.0. The van der Waals surface area contributed by atoms with Crippen LogP contribution in [0.1, 0.15) is 11.6 Å². The molecule has 1 aliphatic heterocycles. The maximum Gasteiger partial charge on any atom is 0.109 e. The van der Waals surface area contributed by atoms with Crippen molar-refractivity contribution < 1.29 is 0 Å². The predicted octanol–water partition coefficient (Wildman–Crippen LogP) is 1.39. The molecule has 0 amide bonds. The van der Waals surface area contributed by atoms with E-state index in [2.05, 4.69) is 4.99 Å². The van der Waals surface area contributed by atoms with Gasteiger partial charge in [0.05, 0.1) is 0 Å². The first-order valence-corrected chi connectivity index (χ1v) is 3.25. The Morgan fingerprint density at radius 2 is 1.80 bits per heavy atom. The van der Waals surface area contributed by atoms with Gasteiger partial charge in [-0.25, -0.2) is 0 Å². The molecule has 0 fully saturated rings. The molecule has 1 aliphatic rings. The Morgan fingerprint density at radius 3 is 2.30 bits per heavy atom. The summed E-state index contributed by atoms with van der Waals surface area (Å²) < 4.78 is 0. The first kappa shape index (κ1) is 5.47. The lowest BCUT2D eigenvalue weighted by molar-refractivity contribution is 1.14. The van der Waals surface area contributed by atoms with Gasteiger partial charge in [-0.1, -0.05) is 12.1 Å². The number of anilines is 1. The lowest BCUT2D eigenvalue weighted by Crippen LogP contribution is -1.85. The Bertz CT molecular complexity index is 255. The molecule has 2 heteroatoms. The van der Waals surface area contributed by atoms with E-state index in [0.29, 0.717) is 6.04 Å². The van der Waals surface area contributed by atoms with E-state index in [4.69, 9.17) is 5.73 Å². The summed E-state index contributed by atoms with van der Waals surface area (Å²) in [7, 11) is 0. The zero-order chi connectivity index (χ0) is 6.97. The number of hydrogen-bond acceptors (Lipinski definition) is 2. The van der Waals surface area contributed by atoms with E-state index in [1.54, 1.807) is 0 Å². The molecule has 0 aromatic heterocycles.